The number of hydrogen-bond acceptors (Lipinski definition) is 3. The van der Waals surface area contributed by atoms with Crippen LogP contribution < -0.4 is 5.32 Å². The lowest BCUT2D eigenvalue weighted by Gasteiger charge is -2.33. The molecule has 2 amide bonds. The molecule has 2 rings (SSSR count). The van der Waals surface area contributed by atoms with Gasteiger partial charge in [0.15, 0.2) is 0 Å². The van der Waals surface area contributed by atoms with E-state index >= 15 is 0 Å². The monoisotopic (exact) mass is 347 g/mol. The molecule has 1 aliphatic heterocycles. The molecule has 0 saturated carbocycles. The summed E-state index contributed by atoms with van der Waals surface area (Å²) in [6, 6.07) is 6.34. The number of nitrogens with zero attached hydrogens (tertiary/aromatic N) is 2. The number of aliphatic hydroxyl groups excluding tert-OH is 1. The molecule has 1 aliphatic rings. The third-order valence-corrected chi connectivity index (χ3v) is 5.37. The molecule has 1 atom stereocenters. The van der Waals surface area contributed by atoms with Crippen molar-refractivity contribution >= 4 is 6.03 Å². The predicted octanol–water partition coefficient (Wildman–Crippen LogP) is 2.71. The second-order valence-corrected chi connectivity index (χ2v) is 7.40. The smallest absolute Gasteiger partial charge is 0.317 e. The number of amides is 2. The van der Waals surface area contributed by atoms with E-state index in [1.54, 1.807) is 0 Å². The summed E-state index contributed by atoms with van der Waals surface area (Å²) >= 11 is 0. The van der Waals surface area contributed by atoms with Crippen molar-refractivity contribution in [1.82, 2.24) is 15.1 Å². The SMILES string of the molecule is Cc1ccc(C(C)NC(=O)N(C)CC2CCN(CCO)CC2)cc1C. The molecule has 1 heterocycles. The van der Waals surface area contributed by atoms with Gasteiger partial charge in [-0.2, -0.15) is 0 Å². The first kappa shape index (κ1) is 19.7. The summed E-state index contributed by atoms with van der Waals surface area (Å²) < 4.78 is 0. The van der Waals surface area contributed by atoms with Crippen molar-refractivity contribution in [2.75, 3.05) is 39.8 Å². The van der Waals surface area contributed by atoms with E-state index < -0.39 is 0 Å². The Bertz CT molecular complexity index is 568. The lowest BCUT2D eigenvalue weighted by atomic mass is 9.96. The van der Waals surface area contributed by atoms with Crippen LogP contribution in [0.2, 0.25) is 0 Å². The number of piperidine rings is 1. The summed E-state index contributed by atoms with van der Waals surface area (Å²) in [5.74, 6) is 0.544. The van der Waals surface area contributed by atoms with Crippen molar-refractivity contribution in [3.63, 3.8) is 0 Å². The number of aryl methyl sites for hydroxylation is 2. The minimum atomic E-state index is -0.0106. The van der Waals surface area contributed by atoms with Crippen molar-refractivity contribution in [3.8, 4) is 0 Å². The lowest BCUT2D eigenvalue weighted by molar-refractivity contribution is 0.132. The van der Waals surface area contributed by atoms with Gasteiger partial charge in [-0.1, -0.05) is 18.2 Å². The number of likely N-dealkylation sites (tertiary alicyclic amines) is 1. The van der Waals surface area contributed by atoms with Crippen LogP contribution in [-0.4, -0.2) is 60.8 Å². The molecule has 0 radical (unpaired) electrons. The molecule has 0 spiro atoms. The minimum absolute atomic E-state index is 0.000603. The largest absolute Gasteiger partial charge is 0.395 e. The number of urea groups is 1. The number of aliphatic hydroxyl groups is 1. The van der Waals surface area contributed by atoms with Crippen LogP contribution in [0.5, 0.6) is 0 Å². The number of β-amino-alcohol motifs (C(OH)–C–C–N with tert-alkyl or cyclic N) is 1. The Morgan fingerprint density at radius 3 is 2.60 bits per heavy atom. The summed E-state index contributed by atoms with van der Waals surface area (Å²) in [5.41, 5.74) is 3.66. The van der Waals surface area contributed by atoms with Gasteiger partial charge in [0.05, 0.1) is 12.6 Å². The van der Waals surface area contributed by atoms with Crippen molar-refractivity contribution in [1.29, 1.82) is 0 Å². The van der Waals surface area contributed by atoms with Crippen LogP contribution in [0.15, 0.2) is 18.2 Å². The predicted molar refractivity (Wildman–Crippen MR) is 102 cm³/mol. The Hall–Kier alpha value is -1.59. The highest BCUT2D eigenvalue weighted by atomic mass is 16.3. The Morgan fingerprint density at radius 1 is 1.32 bits per heavy atom. The first-order valence-corrected chi connectivity index (χ1v) is 9.32. The second-order valence-electron chi connectivity index (χ2n) is 7.40. The Balaban J connectivity index is 1.80. The highest BCUT2D eigenvalue weighted by Gasteiger charge is 2.22. The molecule has 1 unspecified atom stereocenters. The zero-order valence-electron chi connectivity index (χ0n) is 16.1. The molecular formula is C20H33N3O2. The molecule has 25 heavy (non-hydrogen) atoms. The van der Waals surface area contributed by atoms with E-state index in [0.717, 1.165) is 44.6 Å². The van der Waals surface area contributed by atoms with Crippen molar-refractivity contribution in [2.24, 2.45) is 5.92 Å². The van der Waals surface area contributed by atoms with Crippen LogP contribution in [0.1, 0.15) is 42.5 Å². The molecule has 1 aromatic rings. The number of nitrogens with one attached hydrogen (secondary N) is 1. The summed E-state index contributed by atoms with van der Waals surface area (Å²) in [6.45, 7) is 10.0. The zero-order valence-corrected chi connectivity index (χ0v) is 16.1. The van der Waals surface area contributed by atoms with Crippen molar-refractivity contribution < 1.29 is 9.90 Å². The Morgan fingerprint density at radius 2 is 2.00 bits per heavy atom. The molecule has 0 aromatic heterocycles. The molecule has 0 aliphatic carbocycles. The number of rotatable bonds is 6. The van der Waals surface area contributed by atoms with Crippen LogP contribution in [0.3, 0.4) is 0 Å². The maximum absolute atomic E-state index is 12.5. The van der Waals surface area contributed by atoms with Gasteiger partial charge in [0.25, 0.3) is 0 Å². The van der Waals surface area contributed by atoms with Gasteiger partial charge in [-0.15, -0.1) is 0 Å². The number of carbonyl (C=O) groups excluding carboxylic acids is 1. The molecule has 0 bridgehead atoms. The average Bonchev–Trinajstić information content (AvgIpc) is 2.59. The van der Waals surface area contributed by atoms with Crippen LogP contribution >= 0.6 is 0 Å². The quantitative estimate of drug-likeness (QED) is 0.832. The summed E-state index contributed by atoms with van der Waals surface area (Å²) in [6.07, 6.45) is 2.18. The molecule has 5 nitrogen and oxygen atoms in total. The van der Waals surface area contributed by atoms with Gasteiger partial charge in [-0.3, -0.25) is 0 Å². The van der Waals surface area contributed by atoms with E-state index in [1.807, 2.05) is 18.9 Å². The van der Waals surface area contributed by atoms with E-state index in [0.29, 0.717) is 5.92 Å². The third kappa shape index (κ3) is 5.72. The van der Waals surface area contributed by atoms with Gasteiger partial charge in [-0.05, 0) is 69.3 Å². The molecule has 1 saturated heterocycles. The fourth-order valence-electron chi connectivity index (χ4n) is 3.42. The van der Waals surface area contributed by atoms with E-state index in [2.05, 4.69) is 42.3 Å². The Kier molecular flexibility index (Phi) is 7.26. The molecule has 2 N–H and O–H groups in total. The molecular weight excluding hydrogens is 314 g/mol. The summed E-state index contributed by atoms with van der Waals surface area (Å²) in [7, 11) is 1.88. The minimum Gasteiger partial charge on any atom is -0.395 e. The number of carbonyl (C=O) groups is 1. The number of hydrogen-bond donors (Lipinski definition) is 2. The normalized spacial score (nSPS) is 17.3. The van der Waals surface area contributed by atoms with Gasteiger partial charge in [0.1, 0.15) is 0 Å². The summed E-state index contributed by atoms with van der Waals surface area (Å²) in [5, 5.41) is 12.1. The van der Waals surface area contributed by atoms with Gasteiger partial charge in [-0.25, -0.2) is 4.79 Å². The van der Waals surface area contributed by atoms with Gasteiger partial charge in [0.2, 0.25) is 0 Å². The van der Waals surface area contributed by atoms with Gasteiger partial charge in [0, 0.05) is 20.1 Å². The Labute approximate surface area is 152 Å². The number of benzene rings is 1. The van der Waals surface area contributed by atoms with Crippen LogP contribution in [0.4, 0.5) is 4.79 Å². The topological polar surface area (TPSA) is 55.8 Å². The van der Waals surface area contributed by atoms with Crippen LogP contribution in [0, 0.1) is 19.8 Å². The lowest BCUT2D eigenvalue weighted by Crippen LogP contribution is -2.44. The maximum atomic E-state index is 12.5. The van der Waals surface area contributed by atoms with Crippen LogP contribution in [0.25, 0.3) is 0 Å². The average molecular weight is 348 g/mol. The second kappa shape index (κ2) is 9.20. The van der Waals surface area contributed by atoms with Crippen LogP contribution in [-0.2, 0) is 0 Å². The standard InChI is InChI=1S/C20H33N3O2/c1-15-5-6-19(13-16(15)2)17(3)21-20(25)22(4)14-18-7-9-23(10-8-18)11-12-24/h5-6,13,17-18,24H,7-12,14H2,1-4H3,(H,21,25). The fraction of sp³-hybridized carbons (Fsp3) is 0.650. The molecule has 5 heteroatoms. The maximum Gasteiger partial charge on any atom is 0.317 e. The first-order chi connectivity index (χ1) is 11.9. The van der Waals surface area contributed by atoms with E-state index in [9.17, 15) is 4.79 Å². The van der Waals surface area contributed by atoms with Crippen molar-refractivity contribution in [2.45, 2.75) is 39.7 Å². The third-order valence-electron chi connectivity index (χ3n) is 5.37. The molecule has 1 fully saturated rings. The van der Waals surface area contributed by atoms with Gasteiger partial charge >= 0.3 is 6.03 Å². The first-order valence-electron chi connectivity index (χ1n) is 9.32. The summed E-state index contributed by atoms with van der Waals surface area (Å²) in [4.78, 5) is 16.6. The highest BCUT2D eigenvalue weighted by Crippen LogP contribution is 2.19. The van der Waals surface area contributed by atoms with Gasteiger partial charge < -0.3 is 20.2 Å². The zero-order chi connectivity index (χ0) is 18.4. The van der Waals surface area contributed by atoms with Crippen molar-refractivity contribution in [3.05, 3.63) is 34.9 Å². The van der Waals surface area contributed by atoms with E-state index in [4.69, 9.17) is 5.11 Å². The van der Waals surface area contributed by atoms with E-state index in [-0.39, 0.29) is 18.7 Å². The fourth-order valence-corrected chi connectivity index (χ4v) is 3.42. The highest BCUT2D eigenvalue weighted by molar-refractivity contribution is 5.74. The van der Waals surface area contributed by atoms with E-state index in [1.165, 1.54) is 11.1 Å². The molecule has 1 aromatic carbocycles. The molecule has 140 valence electrons.